The minimum atomic E-state index is -0.547. The number of benzene rings is 2. The Bertz CT molecular complexity index is 1100. The van der Waals surface area contributed by atoms with Crippen LogP contribution in [0.25, 0.3) is 0 Å². The van der Waals surface area contributed by atoms with Crippen LogP contribution in [0.2, 0.25) is 10.0 Å². The van der Waals surface area contributed by atoms with Gasteiger partial charge in [-0.2, -0.15) is 0 Å². The first-order valence-corrected chi connectivity index (χ1v) is 9.04. The van der Waals surface area contributed by atoms with Gasteiger partial charge in [0.2, 0.25) is 0 Å². The molecule has 0 saturated carbocycles. The molecule has 12 heteroatoms. The van der Waals surface area contributed by atoms with Crippen molar-refractivity contribution in [2.75, 3.05) is 16.6 Å². The third-order valence-electron chi connectivity index (χ3n) is 3.75. The number of halogens is 3. The molecular formula is C18H14Cl2FN7O2. The van der Waals surface area contributed by atoms with Gasteiger partial charge in [-0.1, -0.05) is 23.2 Å². The maximum atomic E-state index is 12.9. The number of hydrogen-bond acceptors (Lipinski definition) is 7. The summed E-state index contributed by atoms with van der Waals surface area (Å²) in [6.45, 7) is 0. The lowest BCUT2D eigenvalue weighted by Gasteiger charge is -2.14. The van der Waals surface area contributed by atoms with Crippen LogP contribution in [0.1, 0.15) is 20.7 Å². The van der Waals surface area contributed by atoms with Gasteiger partial charge in [0.1, 0.15) is 17.8 Å². The number of carbonyl (C=O) groups excluding carboxylic acids is 2. The molecule has 0 spiro atoms. The number of hydrogen-bond donors (Lipinski definition) is 5. The third kappa shape index (κ3) is 5.04. The SMILES string of the molecule is Nc1c(NNC(=O)c2ccc(F)cc2)ncnc1NNC(=O)c1ccc(Cl)cc1Cl. The topological polar surface area (TPSA) is 134 Å². The van der Waals surface area contributed by atoms with E-state index in [9.17, 15) is 14.0 Å². The standard InChI is InChI=1S/C18H14Cl2FN7O2/c19-10-3-6-12(13(20)7-10)18(30)28-26-16-14(22)15(23-8-24-16)25-27-17(29)9-1-4-11(21)5-2-9/h1-8H,22H2,(H,27,29)(H,28,30)(H2,23,24,25,26). The van der Waals surface area contributed by atoms with Gasteiger partial charge < -0.3 is 5.73 Å². The van der Waals surface area contributed by atoms with E-state index in [4.69, 9.17) is 28.9 Å². The Morgan fingerprint density at radius 1 is 0.900 bits per heavy atom. The Hall–Kier alpha value is -3.63. The van der Waals surface area contributed by atoms with Gasteiger partial charge in [-0.3, -0.25) is 31.3 Å². The molecule has 0 saturated heterocycles. The Morgan fingerprint density at radius 2 is 1.50 bits per heavy atom. The molecule has 0 aliphatic heterocycles. The van der Waals surface area contributed by atoms with E-state index in [1.54, 1.807) is 0 Å². The van der Waals surface area contributed by atoms with Crippen molar-refractivity contribution in [3.63, 3.8) is 0 Å². The largest absolute Gasteiger partial charge is 0.393 e. The molecule has 0 radical (unpaired) electrons. The molecule has 9 nitrogen and oxygen atoms in total. The van der Waals surface area contributed by atoms with Gasteiger partial charge in [0.05, 0.1) is 10.6 Å². The fourth-order valence-corrected chi connectivity index (χ4v) is 2.74. The first kappa shape index (κ1) is 21.1. The zero-order chi connectivity index (χ0) is 21.7. The van der Waals surface area contributed by atoms with Crippen molar-refractivity contribution in [3.8, 4) is 0 Å². The quantitative estimate of drug-likeness (QED) is 0.365. The van der Waals surface area contributed by atoms with Crippen LogP contribution >= 0.6 is 23.2 Å². The Kier molecular flexibility index (Phi) is 6.50. The lowest BCUT2D eigenvalue weighted by Crippen LogP contribution is -2.32. The van der Waals surface area contributed by atoms with Gasteiger partial charge in [0, 0.05) is 10.6 Å². The highest BCUT2D eigenvalue weighted by Crippen LogP contribution is 2.23. The highest BCUT2D eigenvalue weighted by atomic mass is 35.5. The van der Waals surface area contributed by atoms with Crippen LogP contribution in [-0.4, -0.2) is 21.8 Å². The van der Waals surface area contributed by atoms with Crippen LogP contribution in [0, 0.1) is 5.82 Å². The molecule has 0 fully saturated rings. The fourth-order valence-electron chi connectivity index (χ4n) is 2.24. The summed E-state index contributed by atoms with van der Waals surface area (Å²) in [5.74, 6) is -1.40. The van der Waals surface area contributed by atoms with E-state index in [0.29, 0.717) is 5.02 Å². The van der Waals surface area contributed by atoms with E-state index in [0.717, 1.165) is 18.5 Å². The highest BCUT2D eigenvalue weighted by Gasteiger charge is 2.13. The van der Waals surface area contributed by atoms with Gasteiger partial charge in [0.15, 0.2) is 11.6 Å². The zero-order valence-electron chi connectivity index (χ0n) is 15.0. The average Bonchev–Trinajstić information content (AvgIpc) is 2.72. The van der Waals surface area contributed by atoms with Crippen molar-refractivity contribution in [2.24, 2.45) is 0 Å². The second-order valence-corrected chi connectivity index (χ2v) is 6.62. The molecule has 1 heterocycles. The molecule has 0 aliphatic rings. The van der Waals surface area contributed by atoms with Crippen LogP contribution in [0.4, 0.5) is 21.7 Å². The van der Waals surface area contributed by atoms with E-state index in [-0.39, 0.29) is 33.5 Å². The summed E-state index contributed by atoms with van der Waals surface area (Å²) in [7, 11) is 0. The van der Waals surface area contributed by atoms with Crippen molar-refractivity contribution < 1.29 is 14.0 Å². The van der Waals surface area contributed by atoms with Crippen LogP contribution < -0.4 is 27.4 Å². The summed E-state index contributed by atoms with van der Waals surface area (Å²) in [5, 5.41) is 0.561. The van der Waals surface area contributed by atoms with Crippen molar-refractivity contribution in [1.29, 1.82) is 0 Å². The Balaban J connectivity index is 1.63. The first-order valence-electron chi connectivity index (χ1n) is 8.29. The molecule has 30 heavy (non-hydrogen) atoms. The number of hydrazine groups is 2. The number of nitrogens with two attached hydrogens (primary N) is 1. The van der Waals surface area contributed by atoms with Crippen molar-refractivity contribution in [3.05, 3.63) is 75.8 Å². The number of rotatable bonds is 6. The minimum Gasteiger partial charge on any atom is -0.393 e. The van der Waals surface area contributed by atoms with Crippen LogP contribution in [0.15, 0.2) is 48.8 Å². The predicted octanol–water partition coefficient (Wildman–Crippen LogP) is 3.02. The third-order valence-corrected chi connectivity index (χ3v) is 4.30. The molecule has 0 bridgehead atoms. The first-order chi connectivity index (χ1) is 14.3. The lowest BCUT2D eigenvalue weighted by atomic mass is 10.2. The summed E-state index contributed by atoms with van der Waals surface area (Å²) >= 11 is 11.8. The molecule has 6 N–H and O–H groups in total. The van der Waals surface area contributed by atoms with E-state index >= 15 is 0 Å². The number of nitrogen functional groups attached to an aromatic ring is 1. The van der Waals surface area contributed by atoms with Gasteiger partial charge in [-0.25, -0.2) is 14.4 Å². The number of amides is 2. The number of aromatic nitrogens is 2. The predicted molar refractivity (Wildman–Crippen MR) is 111 cm³/mol. The summed E-state index contributed by atoms with van der Waals surface area (Å²) in [6, 6.07) is 9.37. The number of anilines is 3. The van der Waals surface area contributed by atoms with Crippen molar-refractivity contribution in [1.82, 2.24) is 20.8 Å². The zero-order valence-corrected chi connectivity index (χ0v) is 16.6. The summed E-state index contributed by atoms with van der Waals surface area (Å²) < 4.78 is 12.9. The van der Waals surface area contributed by atoms with E-state index in [1.807, 2.05) is 0 Å². The maximum Gasteiger partial charge on any atom is 0.271 e. The molecule has 0 unspecified atom stereocenters. The second-order valence-electron chi connectivity index (χ2n) is 5.77. The maximum absolute atomic E-state index is 12.9. The Labute approximate surface area is 179 Å². The monoisotopic (exact) mass is 449 g/mol. The van der Waals surface area contributed by atoms with Crippen molar-refractivity contribution in [2.45, 2.75) is 0 Å². The number of nitrogens with one attached hydrogen (secondary N) is 4. The summed E-state index contributed by atoms with van der Waals surface area (Å²) in [6.07, 6.45) is 1.16. The molecule has 1 aromatic heterocycles. The molecule has 3 aromatic rings. The van der Waals surface area contributed by atoms with Crippen LogP contribution in [-0.2, 0) is 0 Å². The molecule has 154 valence electrons. The Morgan fingerprint density at radius 3 is 2.10 bits per heavy atom. The molecule has 0 aliphatic carbocycles. The van der Waals surface area contributed by atoms with Gasteiger partial charge in [-0.05, 0) is 42.5 Å². The smallest absolute Gasteiger partial charge is 0.271 e. The molecule has 2 aromatic carbocycles. The molecular weight excluding hydrogens is 436 g/mol. The molecule has 2 amide bonds. The summed E-state index contributed by atoms with van der Waals surface area (Å²) in [4.78, 5) is 32.2. The van der Waals surface area contributed by atoms with Gasteiger partial charge in [0.25, 0.3) is 11.8 Å². The minimum absolute atomic E-state index is 0.0133. The van der Waals surface area contributed by atoms with E-state index < -0.39 is 17.6 Å². The molecule has 3 rings (SSSR count). The average molecular weight is 450 g/mol. The van der Waals surface area contributed by atoms with Crippen LogP contribution in [0.3, 0.4) is 0 Å². The van der Waals surface area contributed by atoms with E-state index in [2.05, 4.69) is 31.7 Å². The molecule has 0 atom stereocenters. The number of nitrogens with zero attached hydrogens (tertiary/aromatic N) is 2. The highest BCUT2D eigenvalue weighted by molar-refractivity contribution is 6.36. The second kappa shape index (κ2) is 9.25. The van der Waals surface area contributed by atoms with Gasteiger partial charge in [-0.15, -0.1) is 0 Å². The summed E-state index contributed by atoms with van der Waals surface area (Å²) in [5.41, 5.74) is 16.3. The lowest BCUT2D eigenvalue weighted by molar-refractivity contribution is 0.0954. The van der Waals surface area contributed by atoms with Crippen molar-refractivity contribution >= 4 is 52.3 Å². The number of carbonyl (C=O) groups is 2. The van der Waals surface area contributed by atoms with Crippen LogP contribution in [0.5, 0.6) is 0 Å². The van der Waals surface area contributed by atoms with Gasteiger partial charge >= 0.3 is 0 Å². The van der Waals surface area contributed by atoms with E-state index in [1.165, 1.54) is 30.3 Å². The normalized spacial score (nSPS) is 10.2. The fraction of sp³-hybridized carbons (Fsp3) is 0.